The summed E-state index contributed by atoms with van der Waals surface area (Å²) in [4.78, 5) is 24.3. The van der Waals surface area contributed by atoms with E-state index in [1.165, 1.54) is 12.1 Å². The van der Waals surface area contributed by atoms with E-state index in [4.69, 9.17) is 4.74 Å². The van der Waals surface area contributed by atoms with Crippen LogP contribution in [0.25, 0.3) is 0 Å². The molecule has 0 saturated carbocycles. The van der Waals surface area contributed by atoms with Crippen LogP contribution >= 0.6 is 0 Å². The van der Waals surface area contributed by atoms with Gasteiger partial charge < -0.3 is 10.1 Å². The number of carbonyl (C=O) groups is 2. The van der Waals surface area contributed by atoms with Crippen LogP contribution in [0.2, 0.25) is 0 Å². The lowest BCUT2D eigenvalue weighted by molar-refractivity contribution is -0.151. The van der Waals surface area contributed by atoms with Crippen LogP contribution in [-0.4, -0.2) is 58.9 Å². The van der Waals surface area contributed by atoms with Crippen molar-refractivity contribution in [3.8, 4) is 0 Å². The van der Waals surface area contributed by atoms with Gasteiger partial charge in [-0.3, -0.25) is 9.59 Å². The van der Waals surface area contributed by atoms with Gasteiger partial charge in [0.2, 0.25) is 10.0 Å². The molecule has 0 radical (unpaired) electrons. The molecule has 1 saturated heterocycles. The Labute approximate surface area is 171 Å². The summed E-state index contributed by atoms with van der Waals surface area (Å²) >= 11 is 0. The zero-order valence-electron chi connectivity index (χ0n) is 16.5. The number of sulfonamides is 1. The average Bonchev–Trinajstić information content (AvgIpc) is 2.96. The maximum absolute atomic E-state index is 12.5. The van der Waals surface area contributed by atoms with Gasteiger partial charge in [-0.25, -0.2) is 16.8 Å². The molecule has 1 heterocycles. The second kappa shape index (κ2) is 9.23. The van der Waals surface area contributed by atoms with Gasteiger partial charge in [0.15, 0.2) is 16.4 Å². The molecular weight excluding hydrogens is 420 g/mol. The van der Waals surface area contributed by atoms with Gasteiger partial charge in [-0.05, 0) is 31.4 Å². The normalized spacial score (nSPS) is 19.7. The predicted octanol–water partition coefficient (Wildman–Crippen LogP) is 0.144. The molecule has 1 aliphatic heterocycles. The predicted molar refractivity (Wildman–Crippen MR) is 106 cm³/mol. The minimum absolute atomic E-state index is 0.00788. The summed E-state index contributed by atoms with van der Waals surface area (Å²) in [5.74, 6) is -2.08. The van der Waals surface area contributed by atoms with Crippen LogP contribution in [0.4, 0.5) is 0 Å². The lowest BCUT2D eigenvalue weighted by Crippen LogP contribution is -2.46. The Hall–Kier alpha value is -1.98. The third-order valence-corrected chi connectivity index (χ3v) is 7.70. The zero-order valence-corrected chi connectivity index (χ0v) is 18.2. The largest absolute Gasteiger partial charge is 0.454 e. The van der Waals surface area contributed by atoms with E-state index in [9.17, 15) is 26.4 Å². The fraction of sp³-hybridized carbons (Fsp3) is 0.556. The molecule has 0 aliphatic carbocycles. The van der Waals surface area contributed by atoms with E-state index in [0.717, 1.165) is 5.56 Å². The first-order valence-corrected chi connectivity index (χ1v) is 12.5. The lowest BCUT2D eigenvalue weighted by Gasteiger charge is -2.21. The minimum atomic E-state index is -3.95. The van der Waals surface area contributed by atoms with Gasteiger partial charge in [0.05, 0.1) is 16.4 Å². The highest BCUT2D eigenvalue weighted by molar-refractivity contribution is 7.91. The molecular formula is C18H26N2O7S2. The van der Waals surface area contributed by atoms with E-state index in [0.29, 0.717) is 6.42 Å². The molecule has 1 fully saturated rings. The molecule has 0 aromatic heterocycles. The standard InChI is InChI=1S/C18H26N2O7S2/c1-12(2)17(20-29(25,26)15-6-4-13(3)5-7-15)18(22)27-10-16(21)19-14-8-9-28(23,24)11-14/h4-7,12,14,17,20H,8-11H2,1-3H3,(H,19,21)/t14-,17+/m0/s1. The van der Waals surface area contributed by atoms with Gasteiger partial charge >= 0.3 is 5.97 Å². The van der Waals surface area contributed by atoms with E-state index in [1.54, 1.807) is 26.0 Å². The number of hydrogen-bond donors (Lipinski definition) is 2. The molecule has 29 heavy (non-hydrogen) atoms. The SMILES string of the molecule is Cc1ccc(S(=O)(=O)N[C@@H](C(=O)OCC(=O)N[C@H]2CCS(=O)(=O)C2)C(C)C)cc1. The summed E-state index contributed by atoms with van der Waals surface area (Å²) < 4.78 is 55.2. The molecule has 0 unspecified atom stereocenters. The van der Waals surface area contributed by atoms with E-state index in [1.807, 2.05) is 6.92 Å². The maximum Gasteiger partial charge on any atom is 0.324 e. The number of benzene rings is 1. The summed E-state index contributed by atoms with van der Waals surface area (Å²) in [6.45, 7) is 4.50. The summed E-state index contributed by atoms with van der Waals surface area (Å²) in [5, 5.41) is 2.50. The molecule has 0 bridgehead atoms. The van der Waals surface area contributed by atoms with Crippen molar-refractivity contribution in [2.45, 2.75) is 44.2 Å². The maximum atomic E-state index is 12.5. The molecule has 0 spiro atoms. The van der Waals surface area contributed by atoms with E-state index >= 15 is 0 Å². The zero-order chi connectivity index (χ0) is 21.8. The average molecular weight is 447 g/mol. The van der Waals surface area contributed by atoms with Gasteiger partial charge in [-0.2, -0.15) is 4.72 Å². The highest BCUT2D eigenvalue weighted by Gasteiger charge is 2.31. The molecule has 1 aromatic rings. The molecule has 2 atom stereocenters. The van der Waals surface area contributed by atoms with Crippen molar-refractivity contribution in [1.29, 1.82) is 0 Å². The fourth-order valence-electron chi connectivity index (χ4n) is 2.81. The number of esters is 1. The van der Waals surface area contributed by atoms with Crippen molar-refractivity contribution in [2.75, 3.05) is 18.1 Å². The van der Waals surface area contributed by atoms with Crippen LogP contribution in [0.3, 0.4) is 0 Å². The van der Waals surface area contributed by atoms with Crippen LogP contribution in [0, 0.1) is 12.8 Å². The summed E-state index contributed by atoms with van der Waals surface area (Å²) in [6, 6.07) is 4.47. The molecule has 162 valence electrons. The smallest absolute Gasteiger partial charge is 0.324 e. The molecule has 1 aromatic carbocycles. The van der Waals surface area contributed by atoms with Crippen LogP contribution in [0.1, 0.15) is 25.8 Å². The van der Waals surface area contributed by atoms with Crippen molar-refractivity contribution < 1.29 is 31.2 Å². The minimum Gasteiger partial charge on any atom is -0.454 e. The van der Waals surface area contributed by atoms with Gasteiger partial charge in [0.25, 0.3) is 5.91 Å². The third kappa shape index (κ3) is 6.79. The van der Waals surface area contributed by atoms with Crippen LogP contribution in [0.15, 0.2) is 29.2 Å². The third-order valence-electron chi connectivity index (χ3n) is 4.48. The number of aryl methyl sites for hydroxylation is 1. The first-order valence-electron chi connectivity index (χ1n) is 9.15. The van der Waals surface area contributed by atoms with E-state index in [-0.39, 0.29) is 16.4 Å². The molecule has 2 N–H and O–H groups in total. The number of hydrogen-bond acceptors (Lipinski definition) is 7. The molecule has 11 heteroatoms. The Balaban J connectivity index is 1.95. The lowest BCUT2D eigenvalue weighted by atomic mass is 10.1. The van der Waals surface area contributed by atoms with Crippen molar-refractivity contribution in [2.24, 2.45) is 5.92 Å². The Bertz CT molecular complexity index is 954. The number of nitrogens with one attached hydrogen (secondary N) is 2. The Kier molecular flexibility index (Phi) is 7.41. The summed E-state index contributed by atoms with van der Waals surface area (Å²) in [7, 11) is -7.10. The molecule has 9 nitrogen and oxygen atoms in total. The quantitative estimate of drug-likeness (QED) is 0.542. The first-order chi connectivity index (χ1) is 13.4. The second-order valence-electron chi connectivity index (χ2n) is 7.43. The van der Waals surface area contributed by atoms with Crippen LogP contribution < -0.4 is 10.0 Å². The molecule has 2 rings (SSSR count). The van der Waals surface area contributed by atoms with Crippen LogP contribution in [0.5, 0.6) is 0 Å². The van der Waals surface area contributed by atoms with Gasteiger partial charge in [-0.15, -0.1) is 0 Å². The summed E-state index contributed by atoms with van der Waals surface area (Å²) in [5.41, 5.74) is 0.893. The number of carbonyl (C=O) groups excluding carboxylic acids is 2. The Morgan fingerprint density at radius 2 is 1.83 bits per heavy atom. The van der Waals surface area contributed by atoms with Crippen molar-refractivity contribution in [3.05, 3.63) is 29.8 Å². The van der Waals surface area contributed by atoms with Gasteiger partial charge in [-0.1, -0.05) is 31.5 Å². The number of sulfone groups is 1. The number of rotatable bonds is 8. The highest BCUT2D eigenvalue weighted by Crippen LogP contribution is 2.14. The van der Waals surface area contributed by atoms with E-state index in [2.05, 4.69) is 10.0 Å². The second-order valence-corrected chi connectivity index (χ2v) is 11.4. The highest BCUT2D eigenvalue weighted by atomic mass is 32.2. The van der Waals surface area contributed by atoms with Crippen molar-refractivity contribution >= 4 is 31.7 Å². The van der Waals surface area contributed by atoms with E-state index < -0.39 is 56.3 Å². The van der Waals surface area contributed by atoms with Crippen molar-refractivity contribution in [3.63, 3.8) is 0 Å². The molecule has 1 amide bonds. The van der Waals surface area contributed by atoms with Gasteiger partial charge in [0, 0.05) is 6.04 Å². The number of amides is 1. The monoisotopic (exact) mass is 446 g/mol. The van der Waals surface area contributed by atoms with Gasteiger partial charge in [0.1, 0.15) is 6.04 Å². The number of ether oxygens (including phenoxy) is 1. The van der Waals surface area contributed by atoms with Crippen molar-refractivity contribution in [1.82, 2.24) is 10.0 Å². The topological polar surface area (TPSA) is 136 Å². The summed E-state index contributed by atoms with van der Waals surface area (Å²) in [6.07, 6.45) is 0.312. The Morgan fingerprint density at radius 3 is 2.34 bits per heavy atom. The first kappa shape index (κ1) is 23.3. The van der Waals surface area contributed by atoms with Crippen LogP contribution in [-0.2, 0) is 34.2 Å². The molecule has 1 aliphatic rings. The fourth-order valence-corrected chi connectivity index (χ4v) is 5.82. The Morgan fingerprint density at radius 1 is 1.21 bits per heavy atom.